The first-order valence-corrected chi connectivity index (χ1v) is 9.56. The fourth-order valence-corrected chi connectivity index (χ4v) is 1.99. The van der Waals surface area contributed by atoms with Crippen LogP contribution in [0.2, 0.25) is 0 Å². The number of hydrogen-bond donors (Lipinski definition) is 0. The molecule has 0 heterocycles. The van der Waals surface area contributed by atoms with Crippen molar-refractivity contribution in [2.75, 3.05) is 18.8 Å². The molecule has 0 N–H and O–H groups in total. The average Bonchev–Trinajstić information content (AvgIpc) is 2.08. The van der Waals surface area contributed by atoms with E-state index in [4.69, 9.17) is 0 Å². The Morgan fingerprint density at radius 2 is 1.73 bits per heavy atom. The maximum Gasteiger partial charge on any atom is 0.0719 e. The van der Waals surface area contributed by atoms with Crippen LogP contribution < -0.4 is 0 Å². The molecule has 0 aliphatic carbocycles. The lowest BCUT2D eigenvalue weighted by molar-refractivity contribution is 0.721. The van der Waals surface area contributed by atoms with Gasteiger partial charge >= 0.3 is 0 Å². The molecular formula is C12H20Br2S. The second kappa shape index (κ2) is 7.81. The Bertz CT molecular complexity index is 272. The molecule has 0 amide bonds. The van der Waals surface area contributed by atoms with E-state index < -0.39 is 10.0 Å². The predicted octanol–water partition coefficient (Wildman–Crippen LogP) is 5.22. The van der Waals surface area contributed by atoms with Gasteiger partial charge in [0.05, 0.1) is 3.39 Å². The quantitative estimate of drug-likeness (QED) is 0.478. The lowest BCUT2D eigenvalue weighted by atomic mass is 10.1. The summed E-state index contributed by atoms with van der Waals surface area (Å²) in [7, 11) is -0.720. The van der Waals surface area contributed by atoms with Crippen molar-refractivity contribution in [1.82, 2.24) is 0 Å². The number of hydrogen-bond acceptors (Lipinski definition) is 0. The van der Waals surface area contributed by atoms with Gasteiger partial charge in [-0.3, -0.25) is 0 Å². The largest absolute Gasteiger partial charge is 0.186 e. The Hall–Kier alpha value is 0.610. The molecule has 0 spiro atoms. The molecular weight excluding hydrogens is 336 g/mol. The lowest BCUT2D eigenvalue weighted by Crippen LogP contribution is -1.87. The van der Waals surface area contributed by atoms with Crippen LogP contribution in [0.3, 0.4) is 0 Å². The second-order valence-corrected chi connectivity index (χ2v) is 10.8. The Morgan fingerprint density at radius 1 is 1.13 bits per heavy atom. The molecule has 0 aromatic heterocycles. The normalized spacial score (nSPS) is 11.6. The summed E-state index contributed by atoms with van der Waals surface area (Å²) in [4.78, 5) is 0. The maximum atomic E-state index is 3.46. The zero-order valence-electron chi connectivity index (χ0n) is 9.99. The first-order valence-electron chi connectivity index (χ1n) is 5.12. The maximum absolute atomic E-state index is 3.46. The van der Waals surface area contributed by atoms with Crippen LogP contribution in [-0.4, -0.2) is 18.8 Å². The summed E-state index contributed by atoms with van der Waals surface area (Å²) in [5.41, 5.74) is 1.20. The fraction of sp³-hybridized carbons (Fsp3) is 0.667. The van der Waals surface area contributed by atoms with Gasteiger partial charge in [-0.1, -0.05) is 25.7 Å². The summed E-state index contributed by atoms with van der Waals surface area (Å²) in [5.74, 6) is 3.29. The van der Waals surface area contributed by atoms with Crippen LogP contribution in [0.25, 0.3) is 0 Å². The highest BCUT2D eigenvalue weighted by molar-refractivity contribution is 9.28. The minimum atomic E-state index is -0.720. The van der Waals surface area contributed by atoms with Gasteiger partial charge in [0.1, 0.15) is 0 Å². The zero-order valence-corrected chi connectivity index (χ0v) is 14.0. The van der Waals surface area contributed by atoms with Gasteiger partial charge in [0.15, 0.2) is 0 Å². The van der Waals surface area contributed by atoms with Crippen molar-refractivity contribution in [3.05, 3.63) is 8.96 Å². The molecule has 3 heteroatoms. The highest BCUT2D eigenvalue weighted by Gasteiger charge is 2.01. The SMILES string of the molecule is CCCCCC(C#CS(C)(C)C)=C(Br)Br. The van der Waals surface area contributed by atoms with Crippen LogP contribution in [0, 0.1) is 11.2 Å². The summed E-state index contributed by atoms with van der Waals surface area (Å²) in [6.07, 6.45) is 11.5. The van der Waals surface area contributed by atoms with E-state index in [9.17, 15) is 0 Å². The highest BCUT2D eigenvalue weighted by atomic mass is 79.9. The third-order valence-electron chi connectivity index (χ3n) is 1.77. The lowest BCUT2D eigenvalue weighted by Gasteiger charge is -2.15. The standard InChI is InChI=1S/C12H20Br2S/c1-5-6-7-8-11(12(13)14)9-10-15(2,3)4/h5-8H2,1-4H3. The third kappa shape index (κ3) is 9.53. The van der Waals surface area contributed by atoms with Crippen molar-refractivity contribution in [2.45, 2.75) is 32.6 Å². The smallest absolute Gasteiger partial charge is 0.0719 e. The first-order chi connectivity index (χ1) is 6.87. The first kappa shape index (κ1) is 15.6. The van der Waals surface area contributed by atoms with Gasteiger partial charge in [-0.25, -0.2) is 0 Å². The van der Waals surface area contributed by atoms with Crippen molar-refractivity contribution in [2.24, 2.45) is 0 Å². The molecule has 0 nitrogen and oxygen atoms in total. The number of halogens is 2. The summed E-state index contributed by atoms with van der Waals surface area (Å²) < 4.78 is 1.02. The monoisotopic (exact) mass is 354 g/mol. The Morgan fingerprint density at radius 3 is 2.13 bits per heavy atom. The average molecular weight is 356 g/mol. The van der Waals surface area contributed by atoms with E-state index >= 15 is 0 Å². The molecule has 0 unspecified atom stereocenters. The number of unbranched alkanes of at least 4 members (excludes halogenated alkanes) is 2. The van der Waals surface area contributed by atoms with E-state index in [2.05, 4.69) is 68.7 Å². The van der Waals surface area contributed by atoms with Crippen LogP contribution in [0.4, 0.5) is 0 Å². The van der Waals surface area contributed by atoms with E-state index in [0.29, 0.717) is 0 Å². The molecule has 15 heavy (non-hydrogen) atoms. The van der Waals surface area contributed by atoms with Crippen molar-refractivity contribution in [3.8, 4) is 11.2 Å². The van der Waals surface area contributed by atoms with Crippen LogP contribution in [-0.2, 0) is 0 Å². The summed E-state index contributed by atoms with van der Waals surface area (Å²) in [6, 6.07) is 0. The van der Waals surface area contributed by atoms with Crippen LogP contribution in [0.15, 0.2) is 8.96 Å². The molecule has 0 aromatic carbocycles. The van der Waals surface area contributed by atoms with Crippen molar-refractivity contribution in [1.29, 1.82) is 0 Å². The van der Waals surface area contributed by atoms with Gasteiger partial charge in [0.25, 0.3) is 0 Å². The summed E-state index contributed by atoms with van der Waals surface area (Å²) in [5, 5.41) is 3.35. The van der Waals surface area contributed by atoms with Crippen molar-refractivity contribution in [3.63, 3.8) is 0 Å². The van der Waals surface area contributed by atoms with Gasteiger partial charge in [-0.2, -0.15) is 10.0 Å². The van der Waals surface area contributed by atoms with Gasteiger partial charge in [0, 0.05) is 5.57 Å². The van der Waals surface area contributed by atoms with E-state index in [0.717, 1.165) is 9.81 Å². The fourth-order valence-electron chi connectivity index (χ4n) is 0.971. The summed E-state index contributed by atoms with van der Waals surface area (Å²) in [6.45, 7) is 2.22. The molecule has 0 bridgehead atoms. The van der Waals surface area contributed by atoms with E-state index in [1.54, 1.807) is 0 Å². The number of allylic oxidation sites excluding steroid dienone is 1. The molecule has 88 valence electrons. The Kier molecular flexibility index (Phi) is 8.13. The second-order valence-electron chi connectivity index (χ2n) is 4.26. The molecule has 0 saturated carbocycles. The molecule has 0 atom stereocenters. The molecule has 0 radical (unpaired) electrons. The molecule has 0 rings (SSSR count). The predicted molar refractivity (Wildman–Crippen MR) is 82.2 cm³/mol. The van der Waals surface area contributed by atoms with Gasteiger partial charge in [0.2, 0.25) is 0 Å². The van der Waals surface area contributed by atoms with E-state index in [1.165, 1.54) is 24.8 Å². The molecule has 0 saturated heterocycles. The van der Waals surface area contributed by atoms with Gasteiger partial charge in [-0.15, -0.1) is 0 Å². The van der Waals surface area contributed by atoms with Crippen LogP contribution in [0.1, 0.15) is 32.6 Å². The van der Waals surface area contributed by atoms with E-state index in [1.807, 2.05) is 0 Å². The molecule has 0 fully saturated rings. The van der Waals surface area contributed by atoms with Crippen molar-refractivity contribution < 1.29 is 0 Å². The molecule has 0 aliphatic heterocycles. The summed E-state index contributed by atoms with van der Waals surface area (Å²) >= 11 is 6.93. The Labute approximate surface area is 113 Å². The van der Waals surface area contributed by atoms with Gasteiger partial charge in [-0.05, 0) is 68.7 Å². The molecule has 0 aliphatic rings. The zero-order chi connectivity index (χ0) is 11.9. The minimum absolute atomic E-state index is 0.720. The minimum Gasteiger partial charge on any atom is -0.186 e. The molecule has 0 aromatic rings. The topological polar surface area (TPSA) is 0 Å². The highest BCUT2D eigenvalue weighted by Crippen LogP contribution is 2.33. The third-order valence-corrected chi connectivity index (χ3v) is 3.44. The van der Waals surface area contributed by atoms with Crippen molar-refractivity contribution >= 4 is 41.9 Å². The van der Waals surface area contributed by atoms with Crippen LogP contribution in [0.5, 0.6) is 0 Å². The number of rotatable bonds is 4. The van der Waals surface area contributed by atoms with Crippen LogP contribution >= 0.6 is 41.9 Å². The Balaban J connectivity index is 4.43. The van der Waals surface area contributed by atoms with Gasteiger partial charge < -0.3 is 0 Å². The van der Waals surface area contributed by atoms with E-state index in [-0.39, 0.29) is 0 Å².